The second-order valence-corrected chi connectivity index (χ2v) is 4.97. The van der Waals surface area contributed by atoms with Gasteiger partial charge in [0, 0.05) is 39.3 Å². The maximum atomic E-state index is 12.4. The summed E-state index contributed by atoms with van der Waals surface area (Å²) in [5, 5.41) is 3.29. The van der Waals surface area contributed by atoms with E-state index < -0.39 is 0 Å². The van der Waals surface area contributed by atoms with Crippen molar-refractivity contribution < 1.29 is 4.79 Å². The van der Waals surface area contributed by atoms with Crippen LogP contribution in [-0.4, -0.2) is 61.1 Å². The highest BCUT2D eigenvalue weighted by Crippen LogP contribution is 2.13. The van der Waals surface area contributed by atoms with E-state index in [1.54, 1.807) is 0 Å². The summed E-state index contributed by atoms with van der Waals surface area (Å²) in [6, 6.07) is 0.364. The number of carbonyl (C=O) groups is 1. The van der Waals surface area contributed by atoms with E-state index >= 15 is 0 Å². The Morgan fingerprint density at radius 3 is 2.53 bits per heavy atom. The number of nitrogens with zero attached hydrogens (tertiary/aromatic N) is 2. The summed E-state index contributed by atoms with van der Waals surface area (Å²) in [5.41, 5.74) is 5.74. The summed E-state index contributed by atoms with van der Waals surface area (Å²) in [4.78, 5) is 16.4. The van der Waals surface area contributed by atoms with E-state index in [-0.39, 0.29) is 12.1 Å². The molecule has 2 amide bonds. The van der Waals surface area contributed by atoms with Crippen molar-refractivity contribution in [2.75, 3.05) is 39.3 Å². The Bertz CT molecular complexity index is 251. The first-order chi connectivity index (χ1) is 8.33. The van der Waals surface area contributed by atoms with Crippen LogP contribution >= 0.6 is 0 Å². The molecule has 2 saturated heterocycles. The fourth-order valence-corrected chi connectivity index (χ4v) is 2.67. The molecule has 1 unspecified atom stereocenters. The van der Waals surface area contributed by atoms with Gasteiger partial charge in [-0.15, -0.1) is 0 Å². The molecule has 0 aromatic carbocycles. The lowest BCUT2D eigenvalue weighted by Crippen LogP contribution is -2.59. The first-order valence-corrected chi connectivity index (χ1v) is 6.79. The zero-order valence-corrected chi connectivity index (χ0v) is 10.5. The van der Waals surface area contributed by atoms with Crippen molar-refractivity contribution in [1.29, 1.82) is 0 Å². The average Bonchev–Trinajstić information content (AvgIpc) is 2.66. The monoisotopic (exact) mass is 240 g/mol. The molecule has 5 heteroatoms. The maximum absolute atomic E-state index is 12.4. The van der Waals surface area contributed by atoms with Crippen LogP contribution in [0.1, 0.15) is 25.7 Å². The van der Waals surface area contributed by atoms with Crippen molar-refractivity contribution in [3.8, 4) is 0 Å². The van der Waals surface area contributed by atoms with Crippen molar-refractivity contribution >= 4 is 6.03 Å². The van der Waals surface area contributed by atoms with Gasteiger partial charge in [0.1, 0.15) is 0 Å². The van der Waals surface area contributed by atoms with Gasteiger partial charge in [0.25, 0.3) is 0 Å². The third kappa shape index (κ3) is 3.10. The second-order valence-electron chi connectivity index (χ2n) is 4.97. The van der Waals surface area contributed by atoms with Crippen LogP contribution in [0.2, 0.25) is 0 Å². The van der Waals surface area contributed by atoms with Gasteiger partial charge < -0.3 is 20.9 Å². The third-order valence-electron chi connectivity index (χ3n) is 3.74. The molecule has 0 aliphatic carbocycles. The minimum absolute atomic E-state index is 0.166. The average molecular weight is 240 g/mol. The van der Waals surface area contributed by atoms with Gasteiger partial charge in [-0.2, -0.15) is 0 Å². The molecular weight excluding hydrogens is 216 g/mol. The number of nitrogens with one attached hydrogen (secondary N) is 1. The number of amides is 2. The number of rotatable bonds is 1. The highest BCUT2D eigenvalue weighted by atomic mass is 16.2. The molecule has 3 N–H and O–H groups in total. The first-order valence-electron chi connectivity index (χ1n) is 6.79. The normalized spacial score (nSPS) is 26.8. The zero-order valence-electron chi connectivity index (χ0n) is 10.5. The van der Waals surface area contributed by atoms with Crippen molar-refractivity contribution in [2.24, 2.45) is 5.73 Å². The van der Waals surface area contributed by atoms with E-state index in [0.29, 0.717) is 6.54 Å². The molecule has 0 saturated carbocycles. The van der Waals surface area contributed by atoms with Crippen LogP contribution in [0.25, 0.3) is 0 Å². The Morgan fingerprint density at radius 2 is 1.88 bits per heavy atom. The molecule has 0 aromatic heterocycles. The van der Waals surface area contributed by atoms with Gasteiger partial charge in [-0.1, -0.05) is 12.8 Å². The third-order valence-corrected chi connectivity index (χ3v) is 3.74. The van der Waals surface area contributed by atoms with Crippen LogP contribution in [0, 0.1) is 0 Å². The standard InChI is InChI=1S/C12H24N4O/c13-9-11-10-14-5-8-16(11)12(17)15-6-3-1-2-4-7-15/h11,14H,1-10,13H2. The number of hydrogen-bond donors (Lipinski definition) is 2. The topological polar surface area (TPSA) is 61.6 Å². The summed E-state index contributed by atoms with van der Waals surface area (Å²) < 4.78 is 0. The van der Waals surface area contributed by atoms with E-state index in [9.17, 15) is 4.79 Å². The molecule has 5 nitrogen and oxygen atoms in total. The Labute approximate surface area is 103 Å². The quantitative estimate of drug-likeness (QED) is 0.689. The molecule has 0 bridgehead atoms. The van der Waals surface area contributed by atoms with Crippen molar-refractivity contribution in [3.05, 3.63) is 0 Å². The SMILES string of the molecule is NCC1CNCCN1C(=O)N1CCCCCC1. The molecule has 0 radical (unpaired) electrons. The fourth-order valence-electron chi connectivity index (χ4n) is 2.67. The number of piperazine rings is 1. The highest BCUT2D eigenvalue weighted by molar-refractivity contribution is 5.75. The first kappa shape index (κ1) is 12.6. The van der Waals surface area contributed by atoms with Crippen molar-refractivity contribution in [1.82, 2.24) is 15.1 Å². The Morgan fingerprint density at radius 1 is 1.18 bits per heavy atom. The molecule has 0 spiro atoms. The summed E-state index contributed by atoms with van der Waals surface area (Å²) in [5.74, 6) is 0. The summed E-state index contributed by atoms with van der Waals surface area (Å²) in [7, 11) is 0. The molecule has 1 atom stereocenters. The largest absolute Gasteiger partial charge is 0.328 e. The molecule has 2 rings (SSSR count). The van der Waals surface area contributed by atoms with Gasteiger partial charge in [-0.25, -0.2) is 4.79 Å². The minimum atomic E-state index is 0.166. The molecule has 17 heavy (non-hydrogen) atoms. The van der Waals surface area contributed by atoms with E-state index in [0.717, 1.165) is 45.6 Å². The van der Waals surface area contributed by atoms with Crippen molar-refractivity contribution in [2.45, 2.75) is 31.7 Å². The Kier molecular flexibility index (Phi) is 4.62. The Balaban J connectivity index is 1.96. The molecule has 2 aliphatic rings. The second kappa shape index (κ2) is 6.21. The van der Waals surface area contributed by atoms with Gasteiger partial charge >= 0.3 is 6.03 Å². The molecular formula is C12H24N4O. The maximum Gasteiger partial charge on any atom is 0.320 e. The van der Waals surface area contributed by atoms with E-state index in [1.165, 1.54) is 12.8 Å². The number of nitrogens with two attached hydrogens (primary N) is 1. The molecule has 0 aromatic rings. The summed E-state index contributed by atoms with van der Waals surface area (Å²) in [6.45, 7) is 4.88. The van der Waals surface area contributed by atoms with E-state index in [2.05, 4.69) is 5.32 Å². The zero-order chi connectivity index (χ0) is 12.1. The number of urea groups is 1. The number of likely N-dealkylation sites (tertiary alicyclic amines) is 1. The van der Waals surface area contributed by atoms with Gasteiger partial charge in [0.2, 0.25) is 0 Å². The van der Waals surface area contributed by atoms with Gasteiger partial charge in [-0.3, -0.25) is 0 Å². The van der Waals surface area contributed by atoms with Gasteiger partial charge in [0.05, 0.1) is 6.04 Å². The summed E-state index contributed by atoms with van der Waals surface area (Å²) >= 11 is 0. The van der Waals surface area contributed by atoms with Crippen LogP contribution in [0.15, 0.2) is 0 Å². The molecule has 2 fully saturated rings. The van der Waals surface area contributed by atoms with E-state index in [4.69, 9.17) is 5.73 Å². The lowest BCUT2D eigenvalue weighted by atomic mass is 10.2. The number of carbonyl (C=O) groups excluding carboxylic acids is 1. The molecule has 2 aliphatic heterocycles. The van der Waals surface area contributed by atoms with Gasteiger partial charge in [-0.05, 0) is 12.8 Å². The van der Waals surface area contributed by atoms with Crippen LogP contribution in [0.5, 0.6) is 0 Å². The van der Waals surface area contributed by atoms with Crippen molar-refractivity contribution in [3.63, 3.8) is 0 Å². The van der Waals surface area contributed by atoms with E-state index in [1.807, 2.05) is 9.80 Å². The minimum Gasteiger partial charge on any atom is -0.328 e. The predicted molar refractivity (Wildman–Crippen MR) is 67.9 cm³/mol. The lowest BCUT2D eigenvalue weighted by Gasteiger charge is -2.38. The lowest BCUT2D eigenvalue weighted by molar-refractivity contribution is 0.124. The predicted octanol–water partition coefficient (Wildman–Crippen LogP) is 0.215. The van der Waals surface area contributed by atoms with Gasteiger partial charge in [0.15, 0.2) is 0 Å². The fraction of sp³-hybridized carbons (Fsp3) is 0.917. The Hall–Kier alpha value is -0.810. The molecule has 2 heterocycles. The summed E-state index contributed by atoms with van der Waals surface area (Å²) in [6.07, 6.45) is 4.80. The van der Waals surface area contributed by atoms with Crippen LogP contribution in [-0.2, 0) is 0 Å². The highest BCUT2D eigenvalue weighted by Gasteiger charge is 2.29. The molecule has 98 valence electrons. The smallest absolute Gasteiger partial charge is 0.320 e. The number of hydrogen-bond acceptors (Lipinski definition) is 3. The van der Waals surface area contributed by atoms with Crippen LogP contribution in [0.4, 0.5) is 4.79 Å². The van der Waals surface area contributed by atoms with Crippen LogP contribution < -0.4 is 11.1 Å². The van der Waals surface area contributed by atoms with Crippen LogP contribution in [0.3, 0.4) is 0 Å².